The van der Waals surface area contributed by atoms with Crippen LogP contribution in [0.25, 0.3) is 0 Å². The Labute approximate surface area is 155 Å². The first-order valence-corrected chi connectivity index (χ1v) is 9.75. The van der Waals surface area contributed by atoms with Crippen molar-refractivity contribution in [3.8, 4) is 5.75 Å². The molecule has 0 radical (unpaired) electrons. The van der Waals surface area contributed by atoms with E-state index < -0.39 is 0 Å². The van der Waals surface area contributed by atoms with Gasteiger partial charge in [-0.15, -0.1) is 0 Å². The van der Waals surface area contributed by atoms with Gasteiger partial charge in [0, 0.05) is 38.7 Å². The highest BCUT2D eigenvalue weighted by Gasteiger charge is 2.51. The zero-order valence-corrected chi connectivity index (χ0v) is 15.8. The molecule has 2 heterocycles. The van der Waals surface area contributed by atoms with Gasteiger partial charge in [0.15, 0.2) is 0 Å². The molecule has 1 aromatic rings. The van der Waals surface area contributed by atoms with Gasteiger partial charge in [-0.25, -0.2) is 5.43 Å². The number of hydrogen-bond donors (Lipinski definition) is 3. The van der Waals surface area contributed by atoms with Gasteiger partial charge in [-0.1, -0.05) is 12.1 Å². The second-order valence-electron chi connectivity index (χ2n) is 7.99. The summed E-state index contributed by atoms with van der Waals surface area (Å²) in [4.78, 5) is 2.56. The maximum Gasteiger partial charge on any atom is 0.118 e. The van der Waals surface area contributed by atoms with Crippen LogP contribution in [0.3, 0.4) is 0 Å². The molecule has 3 N–H and O–H groups in total. The van der Waals surface area contributed by atoms with Crippen LogP contribution in [-0.2, 0) is 4.74 Å². The molecule has 0 amide bonds. The molecule has 6 nitrogen and oxygen atoms in total. The zero-order valence-electron chi connectivity index (χ0n) is 15.8. The zero-order chi connectivity index (χ0) is 18.1. The Hall–Kier alpha value is -1.18. The Morgan fingerprint density at radius 2 is 2.04 bits per heavy atom. The van der Waals surface area contributed by atoms with E-state index >= 15 is 0 Å². The minimum atomic E-state index is -0.193. The summed E-state index contributed by atoms with van der Waals surface area (Å²) in [5.74, 6) is 1.37. The number of aliphatic hydroxyl groups is 1. The first kappa shape index (κ1) is 18.2. The average Bonchev–Trinajstić information content (AvgIpc) is 3.28. The molecule has 2 unspecified atom stereocenters. The number of ether oxygens (including phenoxy) is 2. The second kappa shape index (κ2) is 7.44. The van der Waals surface area contributed by atoms with Crippen LogP contribution in [-0.4, -0.2) is 61.6 Å². The molecule has 1 aromatic carbocycles. The van der Waals surface area contributed by atoms with Crippen molar-refractivity contribution >= 4 is 0 Å². The highest BCUT2D eigenvalue weighted by atomic mass is 16.5. The first-order chi connectivity index (χ1) is 12.6. The van der Waals surface area contributed by atoms with Gasteiger partial charge in [-0.2, -0.15) is 0 Å². The van der Waals surface area contributed by atoms with Crippen molar-refractivity contribution in [2.45, 2.75) is 49.5 Å². The monoisotopic (exact) mass is 361 g/mol. The van der Waals surface area contributed by atoms with Crippen molar-refractivity contribution in [1.82, 2.24) is 15.8 Å². The summed E-state index contributed by atoms with van der Waals surface area (Å²) in [5.41, 5.74) is 8.00. The van der Waals surface area contributed by atoms with Crippen molar-refractivity contribution in [2.24, 2.45) is 5.92 Å². The van der Waals surface area contributed by atoms with Gasteiger partial charge >= 0.3 is 0 Å². The quantitative estimate of drug-likeness (QED) is 0.738. The van der Waals surface area contributed by atoms with E-state index in [9.17, 15) is 5.11 Å². The molecule has 0 aromatic heterocycles. The summed E-state index contributed by atoms with van der Waals surface area (Å²) in [6.45, 7) is 3.01. The number of nitrogens with one attached hydrogen (secondary N) is 2. The van der Waals surface area contributed by atoms with Crippen molar-refractivity contribution in [3.05, 3.63) is 29.8 Å². The molecule has 0 spiro atoms. The molecule has 26 heavy (non-hydrogen) atoms. The predicted octanol–water partition coefficient (Wildman–Crippen LogP) is 1.46. The summed E-state index contributed by atoms with van der Waals surface area (Å²) in [6, 6.07) is 8.94. The van der Waals surface area contributed by atoms with Crippen LogP contribution in [0, 0.1) is 5.92 Å². The molecule has 3 fully saturated rings. The Kier molecular flexibility index (Phi) is 5.21. The third-order valence-corrected chi connectivity index (χ3v) is 6.71. The summed E-state index contributed by atoms with van der Waals surface area (Å²) < 4.78 is 11.3. The van der Waals surface area contributed by atoms with E-state index in [4.69, 9.17) is 9.47 Å². The van der Waals surface area contributed by atoms with Crippen LogP contribution in [0.5, 0.6) is 5.75 Å². The lowest BCUT2D eigenvalue weighted by atomic mass is 9.79. The lowest BCUT2D eigenvalue weighted by molar-refractivity contribution is -0.0882. The highest BCUT2D eigenvalue weighted by molar-refractivity contribution is 5.30. The molecular formula is C20H31N3O3. The lowest BCUT2D eigenvalue weighted by Crippen LogP contribution is -2.52. The maximum absolute atomic E-state index is 10.2. The van der Waals surface area contributed by atoms with Crippen LogP contribution in [0.4, 0.5) is 0 Å². The topological polar surface area (TPSA) is 66.0 Å². The van der Waals surface area contributed by atoms with Gasteiger partial charge in [0.25, 0.3) is 0 Å². The van der Waals surface area contributed by atoms with Crippen LogP contribution in [0.15, 0.2) is 24.3 Å². The molecule has 5 atom stereocenters. The van der Waals surface area contributed by atoms with Crippen molar-refractivity contribution < 1.29 is 14.6 Å². The van der Waals surface area contributed by atoms with Gasteiger partial charge in [0.2, 0.25) is 0 Å². The number of aliphatic hydroxyl groups excluding tert-OH is 1. The van der Waals surface area contributed by atoms with E-state index in [0.717, 1.165) is 51.1 Å². The molecule has 1 aliphatic carbocycles. The van der Waals surface area contributed by atoms with Gasteiger partial charge in [0.05, 0.1) is 24.9 Å². The van der Waals surface area contributed by atoms with Crippen LogP contribution >= 0.6 is 0 Å². The molecule has 144 valence electrons. The van der Waals surface area contributed by atoms with Crippen LogP contribution < -0.4 is 15.6 Å². The van der Waals surface area contributed by atoms with E-state index in [-0.39, 0.29) is 17.7 Å². The number of rotatable bonds is 5. The standard InChI is InChI=1S/C20H31N3O3/c1-25-17-5-3-14(4-6-17)19-15(12-21-22-19)13-23-10-9-20(26-2)8-7-16(24)11-18(20)23/h3-6,15-16,18-19,21-22,24H,7-13H2,1-2H3/t15?,16-,18+,19?,20-/m1/s1. The number of likely N-dealkylation sites (tertiary alicyclic amines) is 1. The number of hydrogen-bond acceptors (Lipinski definition) is 6. The summed E-state index contributed by atoms with van der Waals surface area (Å²) >= 11 is 0. The van der Waals surface area contributed by atoms with E-state index in [1.165, 1.54) is 5.56 Å². The first-order valence-electron chi connectivity index (χ1n) is 9.75. The fourth-order valence-electron chi connectivity index (χ4n) is 5.16. The fraction of sp³-hybridized carbons (Fsp3) is 0.700. The Morgan fingerprint density at radius 3 is 2.77 bits per heavy atom. The van der Waals surface area contributed by atoms with Gasteiger partial charge in [-0.3, -0.25) is 10.3 Å². The number of benzene rings is 1. The molecule has 2 aliphatic heterocycles. The molecule has 1 saturated carbocycles. The van der Waals surface area contributed by atoms with Gasteiger partial charge in [-0.05, 0) is 43.4 Å². The summed E-state index contributed by atoms with van der Waals surface area (Å²) in [5, 5.41) is 10.2. The van der Waals surface area contributed by atoms with Crippen LogP contribution in [0.1, 0.15) is 37.3 Å². The van der Waals surface area contributed by atoms with Gasteiger partial charge < -0.3 is 14.6 Å². The van der Waals surface area contributed by atoms with Crippen molar-refractivity contribution in [1.29, 1.82) is 0 Å². The molecule has 0 bridgehead atoms. The number of hydrazine groups is 1. The SMILES string of the molecule is COc1ccc(C2NNCC2CN2CC[C@]3(OC)CC[C@@H](O)C[C@H]23)cc1. The number of nitrogens with zero attached hydrogens (tertiary/aromatic N) is 1. The Morgan fingerprint density at radius 1 is 1.23 bits per heavy atom. The minimum absolute atomic E-state index is 0.0612. The molecule has 6 heteroatoms. The maximum atomic E-state index is 10.2. The Bertz CT molecular complexity index is 611. The summed E-state index contributed by atoms with van der Waals surface area (Å²) in [6.07, 6.45) is 3.53. The lowest BCUT2D eigenvalue weighted by Gasteiger charge is -2.43. The molecular weight excluding hydrogens is 330 g/mol. The molecule has 4 rings (SSSR count). The Balaban J connectivity index is 1.47. The van der Waals surface area contributed by atoms with E-state index in [2.05, 4.69) is 27.9 Å². The minimum Gasteiger partial charge on any atom is -0.497 e. The highest BCUT2D eigenvalue weighted by Crippen LogP contribution is 2.43. The molecule has 3 aliphatic rings. The van der Waals surface area contributed by atoms with Gasteiger partial charge in [0.1, 0.15) is 5.75 Å². The average molecular weight is 361 g/mol. The van der Waals surface area contributed by atoms with Crippen LogP contribution in [0.2, 0.25) is 0 Å². The predicted molar refractivity (Wildman–Crippen MR) is 99.9 cm³/mol. The van der Waals surface area contributed by atoms with Crippen molar-refractivity contribution in [2.75, 3.05) is 33.9 Å². The van der Waals surface area contributed by atoms with E-state index in [1.54, 1.807) is 7.11 Å². The third kappa shape index (κ3) is 3.25. The largest absolute Gasteiger partial charge is 0.497 e. The summed E-state index contributed by atoms with van der Waals surface area (Å²) in [7, 11) is 3.54. The number of methoxy groups -OCH3 is 2. The van der Waals surface area contributed by atoms with E-state index in [0.29, 0.717) is 12.0 Å². The molecule has 2 saturated heterocycles. The fourth-order valence-corrected chi connectivity index (χ4v) is 5.16. The second-order valence-corrected chi connectivity index (χ2v) is 7.99. The smallest absolute Gasteiger partial charge is 0.118 e. The normalized spacial score (nSPS) is 37.7. The third-order valence-electron chi connectivity index (χ3n) is 6.71. The van der Waals surface area contributed by atoms with Crippen molar-refractivity contribution in [3.63, 3.8) is 0 Å². The van der Waals surface area contributed by atoms with E-state index in [1.807, 2.05) is 19.2 Å². The number of fused-ring (bicyclic) bond motifs is 1.